The molecule has 1 saturated heterocycles. The van der Waals surface area contributed by atoms with E-state index >= 15 is 0 Å². The van der Waals surface area contributed by atoms with Gasteiger partial charge in [-0.1, -0.05) is 5.16 Å². The summed E-state index contributed by atoms with van der Waals surface area (Å²) >= 11 is 0. The number of rotatable bonds is 5. The number of methoxy groups -OCH3 is 1. The summed E-state index contributed by atoms with van der Waals surface area (Å²) in [5.74, 6) is 0.785. The van der Waals surface area contributed by atoms with Crippen LogP contribution >= 0.6 is 0 Å². The third kappa shape index (κ3) is 2.56. The molecule has 5 nitrogen and oxygen atoms in total. The molecule has 84 valence electrons. The van der Waals surface area contributed by atoms with Crippen LogP contribution in [0.2, 0.25) is 0 Å². The summed E-state index contributed by atoms with van der Waals surface area (Å²) in [6.07, 6.45) is 0. The van der Waals surface area contributed by atoms with Crippen molar-refractivity contribution in [3.05, 3.63) is 17.5 Å². The molecular formula is C10H17N3O2. The van der Waals surface area contributed by atoms with E-state index in [0.29, 0.717) is 12.6 Å². The fourth-order valence-electron chi connectivity index (χ4n) is 1.61. The van der Waals surface area contributed by atoms with Crippen molar-refractivity contribution in [1.82, 2.24) is 15.4 Å². The van der Waals surface area contributed by atoms with E-state index in [1.807, 2.05) is 6.07 Å². The van der Waals surface area contributed by atoms with Gasteiger partial charge >= 0.3 is 0 Å². The molecule has 1 N–H and O–H groups in total. The van der Waals surface area contributed by atoms with Crippen molar-refractivity contribution in [2.75, 3.05) is 27.2 Å². The molecule has 5 heteroatoms. The zero-order valence-corrected chi connectivity index (χ0v) is 9.19. The first-order chi connectivity index (χ1) is 7.29. The Bertz CT molecular complexity index is 309. The van der Waals surface area contributed by atoms with Crippen molar-refractivity contribution in [3.63, 3.8) is 0 Å². The molecule has 15 heavy (non-hydrogen) atoms. The lowest BCUT2D eigenvalue weighted by molar-refractivity contribution is 0.154. The first-order valence-corrected chi connectivity index (χ1v) is 5.14. The Morgan fingerprint density at radius 1 is 1.67 bits per heavy atom. The lowest BCUT2D eigenvalue weighted by Gasteiger charge is -2.35. The van der Waals surface area contributed by atoms with Crippen LogP contribution < -0.4 is 5.32 Å². The second kappa shape index (κ2) is 4.74. The van der Waals surface area contributed by atoms with Gasteiger partial charge in [-0.05, 0) is 7.05 Å². The summed E-state index contributed by atoms with van der Waals surface area (Å²) in [4.78, 5) is 2.28. The Morgan fingerprint density at radius 2 is 2.47 bits per heavy atom. The van der Waals surface area contributed by atoms with Gasteiger partial charge in [-0.15, -0.1) is 0 Å². The number of nitrogens with zero attached hydrogens (tertiary/aromatic N) is 2. The molecule has 0 amide bonds. The predicted octanol–water partition coefficient (Wildman–Crippen LogP) is 0.225. The third-order valence-corrected chi connectivity index (χ3v) is 2.69. The SMILES string of the molecule is COCc1cc(CN(C)C2CNC2)no1. The van der Waals surface area contributed by atoms with E-state index in [0.717, 1.165) is 31.1 Å². The van der Waals surface area contributed by atoms with E-state index < -0.39 is 0 Å². The maximum Gasteiger partial charge on any atom is 0.162 e. The molecule has 2 heterocycles. The Labute approximate surface area is 89.4 Å². The topological polar surface area (TPSA) is 50.5 Å². The van der Waals surface area contributed by atoms with E-state index in [-0.39, 0.29) is 0 Å². The summed E-state index contributed by atoms with van der Waals surface area (Å²) in [5, 5.41) is 7.25. The number of hydrogen-bond donors (Lipinski definition) is 1. The molecule has 0 aromatic carbocycles. The molecule has 0 spiro atoms. The molecule has 1 aliphatic rings. The van der Waals surface area contributed by atoms with Crippen molar-refractivity contribution in [2.45, 2.75) is 19.2 Å². The van der Waals surface area contributed by atoms with Crippen LogP contribution in [0.25, 0.3) is 0 Å². The summed E-state index contributed by atoms with van der Waals surface area (Å²) in [6.45, 7) is 3.46. The lowest BCUT2D eigenvalue weighted by Crippen LogP contribution is -2.55. The number of hydrogen-bond acceptors (Lipinski definition) is 5. The minimum absolute atomic E-state index is 0.488. The lowest BCUT2D eigenvalue weighted by atomic mass is 10.1. The van der Waals surface area contributed by atoms with Crippen LogP contribution in [0.1, 0.15) is 11.5 Å². The summed E-state index contributed by atoms with van der Waals surface area (Å²) in [7, 11) is 3.75. The van der Waals surface area contributed by atoms with Crippen molar-refractivity contribution in [2.24, 2.45) is 0 Å². The van der Waals surface area contributed by atoms with Gasteiger partial charge in [-0.25, -0.2) is 0 Å². The van der Waals surface area contributed by atoms with Gasteiger partial charge in [-0.3, -0.25) is 4.90 Å². The Morgan fingerprint density at radius 3 is 3.07 bits per heavy atom. The van der Waals surface area contributed by atoms with Crippen molar-refractivity contribution < 1.29 is 9.26 Å². The molecule has 2 rings (SSSR count). The highest BCUT2D eigenvalue weighted by Gasteiger charge is 2.22. The van der Waals surface area contributed by atoms with E-state index in [4.69, 9.17) is 9.26 Å². The van der Waals surface area contributed by atoms with Crippen LogP contribution in [0, 0.1) is 0 Å². The van der Waals surface area contributed by atoms with Gasteiger partial charge in [-0.2, -0.15) is 0 Å². The molecule has 0 bridgehead atoms. The Balaban J connectivity index is 1.86. The van der Waals surface area contributed by atoms with Crippen molar-refractivity contribution in [1.29, 1.82) is 0 Å². The highest BCUT2D eigenvalue weighted by atomic mass is 16.5. The molecule has 0 radical (unpaired) electrons. The van der Waals surface area contributed by atoms with Crippen LogP contribution in [0.4, 0.5) is 0 Å². The molecule has 1 aromatic rings. The smallest absolute Gasteiger partial charge is 0.162 e. The van der Waals surface area contributed by atoms with Gasteiger partial charge in [0.15, 0.2) is 5.76 Å². The number of likely N-dealkylation sites (N-methyl/N-ethyl adjacent to an activating group) is 1. The minimum atomic E-state index is 0.488. The molecular weight excluding hydrogens is 194 g/mol. The standard InChI is InChI=1S/C10H17N3O2/c1-13(9-4-11-5-9)6-8-3-10(7-14-2)15-12-8/h3,9,11H,4-7H2,1-2H3. The van der Waals surface area contributed by atoms with E-state index in [1.165, 1.54) is 0 Å². The van der Waals surface area contributed by atoms with E-state index in [9.17, 15) is 0 Å². The van der Waals surface area contributed by atoms with Crippen LogP contribution in [0.15, 0.2) is 10.6 Å². The summed E-state index contributed by atoms with van der Waals surface area (Å²) < 4.78 is 10.1. The van der Waals surface area contributed by atoms with Crippen LogP contribution in [0.5, 0.6) is 0 Å². The zero-order chi connectivity index (χ0) is 10.7. The molecule has 0 unspecified atom stereocenters. The van der Waals surface area contributed by atoms with Crippen molar-refractivity contribution >= 4 is 0 Å². The second-order valence-electron chi connectivity index (χ2n) is 3.94. The molecule has 1 aliphatic heterocycles. The van der Waals surface area contributed by atoms with Crippen LogP contribution in [0.3, 0.4) is 0 Å². The first kappa shape index (κ1) is 10.6. The highest BCUT2D eigenvalue weighted by Crippen LogP contribution is 2.10. The predicted molar refractivity (Wildman–Crippen MR) is 55.3 cm³/mol. The zero-order valence-electron chi connectivity index (χ0n) is 9.19. The molecule has 0 atom stereocenters. The van der Waals surface area contributed by atoms with Gasteiger partial charge in [0.1, 0.15) is 6.61 Å². The van der Waals surface area contributed by atoms with Gasteiger partial charge in [0, 0.05) is 38.9 Å². The Kier molecular flexibility index (Phi) is 3.35. The molecule has 1 aromatic heterocycles. The summed E-state index contributed by atoms with van der Waals surface area (Å²) in [6, 6.07) is 2.58. The monoisotopic (exact) mass is 211 g/mol. The Hall–Kier alpha value is -0.910. The summed E-state index contributed by atoms with van der Waals surface area (Å²) in [5.41, 5.74) is 0.969. The number of aromatic nitrogens is 1. The quantitative estimate of drug-likeness (QED) is 0.755. The maximum absolute atomic E-state index is 5.12. The average Bonchev–Trinajstić information content (AvgIpc) is 2.49. The number of ether oxygens (including phenoxy) is 1. The fraction of sp³-hybridized carbons (Fsp3) is 0.700. The largest absolute Gasteiger partial charge is 0.377 e. The van der Waals surface area contributed by atoms with Gasteiger partial charge in [0.05, 0.1) is 5.69 Å². The molecule has 0 aliphatic carbocycles. The van der Waals surface area contributed by atoms with E-state index in [2.05, 4.69) is 22.4 Å². The van der Waals surface area contributed by atoms with Gasteiger partial charge in [0.2, 0.25) is 0 Å². The van der Waals surface area contributed by atoms with Crippen LogP contribution in [-0.2, 0) is 17.9 Å². The third-order valence-electron chi connectivity index (χ3n) is 2.69. The molecule has 0 saturated carbocycles. The molecule has 1 fully saturated rings. The van der Waals surface area contributed by atoms with Crippen LogP contribution in [-0.4, -0.2) is 43.3 Å². The maximum atomic E-state index is 5.12. The second-order valence-corrected chi connectivity index (χ2v) is 3.94. The normalized spacial score (nSPS) is 17.0. The van der Waals surface area contributed by atoms with Crippen molar-refractivity contribution in [3.8, 4) is 0 Å². The fourth-order valence-corrected chi connectivity index (χ4v) is 1.61. The van der Waals surface area contributed by atoms with Gasteiger partial charge in [0.25, 0.3) is 0 Å². The van der Waals surface area contributed by atoms with E-state index in [1.54, 1.807) is 7.11 Å². The van der Waals surface area contributed by atoms with Gasteiger partial charge < -0.3 is 14.6 Å². The first-order valence-electron chi connectivity index (χ1n) is 5.14. The number of nitrogens with one attached hydrogen (secondary N) is 1. The minimum Gasteiger partial charge on any atom is -0.377 e. The average molecular weight is 211 g/mol. The highest BCUT2D eigenvalue weighted by molar-refractivity contribution is 5.05.